The van der Waals surface area contributed by atoms with Gasteiger partial charge in [0.25, 0.3) is 11.5 Å². The minimum atomic E-state index is -0.507. The number of amides is 2. The summed E-state index contributed by atoms with van der Waals surface area (Å²) in [6.07, 6.45) is 0.729. The molecule has 132 valence electrons. The molecule has 0 spiro atoms. The Bertz CT molecular complexity index is 848. The molecule has 0 aliphatic carbocycles. The number of anilines is 1. The van der Waals surface area contributed by atoms with Crippen molar-refractivity contribution in [3.63, 3.8) is 0 Å². The molecule has 7 nitrogen and oxygen atoms in total. The predicted molar refractivity (Wildman–Crippen MR) is 98.6 cm³/mol. The van der Waals surface area contributed by atoms with E-state index in [1.54, 1.807) is 6.07 Å². The number of benzene rings is 1. The average molecular weight is 407 g/mol. The van der Waals surface area contributed by atoms with Crippen LogP contribution in [0.2, 0.25) is 0 Å². The monoisotopic (exact) mass is 406 g/mol. The van der Waals surface area contributed by atoms with Gasteiger partial charge in [-0.15, -0.1) is 0 Å². The first-order valence-corrected chi connectivity index (χ1v) is 8.62. The van der Waals surface area contributed by atoms with Crippen LogP contribution in [0.3, 0.4) is 0 Å². The molecule has 1 heterocycles. The van der Waals surface area contributed by atoms with Crippen LogP contribution in [0.4, 0.5) is 5.69 Å². The van der Waals surface area contributed by atoms with Gasteiger partial charge in [0.15, 0.2) is 0 Å². The summed E-state index contributed by atoms with van der Waals surface area (Å²) in [7, 11) is 0. The molecule has 0 atom stereocenters. The SMILES string of the molecule is CCCn1nc(C(=O)NCC(=O)Nc2ccc(Br)cc2C)ccc1=O. The van der Waals surface area contributed by atoms with Gasteiger partial charge in [-0.3, -0.25) is 14.4 Å². The molecule has 0 saturated heterocycles. The van der Waals surface area contributed by atoms with Gasteiger partial charge in [0, 0.05) is 22.8 Å². The Kier molecular flexibility index (Phi) is 6.46. The van der Waals surface area contributed by atoms with Crippen LogP contribution in [0.15, 0.2) is 39.6 Å². The van der Waals surface area contributed by atoms with Crippen LogP contribution < -0.4 is 16.2 Å². The maximum absolute atomic E-state index is 12.1. The highest BCUT2D eigenvalue weighted by atomic mass is 79.9. The molecule has 2 amide bonds. The smallest absolute Gasteiger partial charge is 0.272 e. The topological polar surface area (TPSA) is 93.1 Å². The zero-order valence-corrected chi connectivity index (χ0v) is 15.6. The Morgan fingerprint density at radius 1 is 1.24 bits per heavy atom. The van der Waals surface area contributed by atoms with E-state index in [2.05, 4.69) is 31.7 Å². The summed E-state index contributed by atoms with van der Waals surface area (Å²) in [6.45, 7) is 4.03. The molecule has 2 rings (SSSR count). The van der Waals surface area contributed by atoms with Crippen molar-refractivity contribution in [3.05, 3.63) is 56.4 Å². The van der Waals surface area contributed by atoms with E-state index < -0.39 is 5.91 Å². The summed E-state index contributed by atoms with van der Waals surface area (Å²) in [6, 6.07) is 8.13. The number of nitrogens with zero attached hydrogens (tertiary/aromatic N) is 2. The number of carbonyl (C=O) groups is 2. The Balaban J connectivity index is 1.96. The van der Waals surface area contributed by atoms with E-state index >= 15 is 0 Å². The van der Waals surface area contributed by atoms with Gasteiger partial charge in [-0.1, -0.05) is 22.9 Å². The Morgan fingerprint density at radius 3 is 2.68 bits per heavy atom. The highest BCUT2D eigenvalue weighted by molar-refractivity contribution is 9.10. The fourth-order valence-electron chi connectivity index (χ4n) is 2.15. The van der Waals surface area contributed by atoms with Crippen LogP contribution in [-0.2, 0) is 11.3 Å². The number of rotatable bonds is 6. The molecule has 2 N–H and O–H groups in total. The van der Waals surface area contributed by atoms with Gasteiger partial charge in [-0.05, 0) is 43.2 Å². The molecule has 2 aromatic rings. The van der Waals surface area contributed by atoms with E-state index in [-0.39, 0.29) is 23.7 Å². The largest absolute Gasteiger partial charge is 0.342 e. The second-order valence-electron chi connectivity index (χ2n) is 5.47. The Hall–Kier alpha value is -2.48. The molecular formula is C17H19BrN4O3. The highest BCUT2D eigenvalue weighted by Gasteiger charge is 2.12. The Morgan fingerprint density at radius 2 is 2.00 bits per heavy atom. The normalized spacial score (nSPS) is 10.4. The van der Waals surface area contributed by atoms with E-state index in [4.69, 9.17) is 0 Å². The van der Waals surface area contributed by atoms with Crippen LogP contribution in [0.5, 0.6) is 0 Å². The number of halogens is 1. The van der Waals surface area contributed by atoms with Crippen molar-refractivity contribution in [2.45, 2.75) is 26.8 Å². The number of nitrogens with one attached hydrogen (secondary N) is 2. The lowest BCUT2D eigenvalue weighted by atomic mass is 10.2. The third kappa shape index (κ3) is 5.25. The minimum absolute atomic E-state index is 0.0978. The first kappa shape index (κ1) is 18.9. The lowest BCUT2D eigenvalue weighted by Crippen LogP contribution is -2.35. The molecule has 0 saturated carbocycles. The van der Waals surface area contributed by atoms with Gasteiger partial charge in [-0.25, -0.2) is 4.68 Å². The van der Waals surface area contributed by atoms with Crippen molar-refractivity contribution in [2.24, 2.45) is 0 Å². The van der Waals surface area contributed by atoms with Crippen LogP contribution in [-0.4, -0.2) is 28.1 Å². The summed E-state index contributed by atoms with van der Waals surface area (Å²) in [4.78, 5) is 35.7. The average Bonchev–Trinajstić information content (AvgIpc) is 2.57. The van der Waals surface area contributed by atoms with E-state index in [0.29, 0.717) is 12.2 Å². The molecule has 0 unspecified atom stereocenters. The number of hydrogen-bond donors (Lipinski definition) is 2. The summed E-state index contributed by atoms with van der Waals surface area (Å²) in [5.41, 5.74) is 1.42. The molecule has 0 aliphatic rings. The maximum atomic E-state index is 12.1. The van der Waals surface area contributed by atoms with Crippen molar-refractivity contribution >= 4 is 33.4 Å². The molecule has 1 aromatic carbocycles. The van der Waals surface area contributed by atoms with E-state index in [0.717, 1.165) is 16.5 Å². The molecule has 0 radical (unpaired) electrons. The molecule has 8 heteroatoms. The van der Waals surface area contributed by atoms with Crippen molar-refractivity contribution < 1.29 is 9.59 Å². The standard InChI is InChI=1S/C17H19BrN4O3/c1-3-8-22-16(24)7-6-14(21-22)17(25)19-10-15(23)20-13-5-4-12(18)9-11(13)2/h4-7,9H,3,8,10H2,1-2H3,(H,19,25)(H,20,23). The van der Waals surface area contributed by atoms with Gasteiger partial charge in [-0.2, -0.15) is 5.10 Å². The second-order valence-corrected chi connectivity index (χ2v) is 6.39. The zero-order valence-electron chi connectivity index (χ0n) is 14.0. The summed E-state index contributed by atoms with van der Waals surface area (Å²) in [5, 5.41) is 9.24. The van der Waals surface area contributed by atoms with Crippen molar-refractivity contribution in [3.8, 4) is 0 Å². The van der Waals surface area contributed by atoms with Gasteiger partial charge < -0.3 is 10.6 Å². The molecule has 0 fully saturated rings. The number of aryl methyl sites for hydroxylation is 2. The number of carbonyl (C=O) groups excluding carboxylic acids is 2. The minimum Gasteiger partial charge on any atom is -0.342 e. The van der Waals surface area contributed by atoms with Gasteiger partial charge in [0.2, 0.25) is 5.91 Å². The van der Waals surface area contributed by atoms with E-state index in [1.807, 2.05) is 26.0 Å². The van der Waals surface area contributed by atoms with Crippen molar-refractivity contribution in [1.82, 2.24) is 15.1 Å². The van der Waals surface area contributed by atoms with Crippen LogP contribution in [0.1, 0.15) is 29.4 Å². The van der Waals surface area contributed by atoms with E-state index in [9.17, 15) is 14.4 Å². The second kappa shape index (κ2) is 8.57. The zero-order chi connectivity index (χ0) is 18.4. The lowest BCUT2D eigenvalue weighted by molar-refractivity contribution is -0.115. The highest BCUT2D eigenvalue weighted by Crippen LogP contribution is 2.19. The van der Waals surface area contributed by atoms with Crippen molar-refractivity contribution in [1.29, 1.82) is 0 Å². The summed E-state index contributed by atoms with van der Waals surface area (Å²) < 4.78 is 2.16. The molecule has 0 bridgehead atoms. The third-order valence-electron chi connectivity index (χ3n) is 3.41. The molecule has 1 aromatic heterocycles. The number of aromatic nitrogens is 2. The van der Waals surface area contributed by atoms with Gasteiger partial charge in [0.1, 0.15) is 5.69 Å². The quantitative estimate of drug-likeness (QED) is 0.767. The number of hydrogen-bond acceptors (Lipinski definition) is 4. The first-order chi connectivity index (χ1) is 11.9. The molecular weight excluding hydrogens is 388 g/mol. The summed E-state index contributed by atoms with van der Waals surface area (Å²) in [5.74, 6) is -0.854. The summed E-state index contributed by atoms with van der Waals surface area (Å²) >= 11 is 3.36. The van der Waals surface area contributed by atoms with Crippen LogP contribution in [0, 0.1) is 6.92 Å². The molecule has 0 aliphatic heterocycles. The van der Waals surface area contributed by atoms with E-state index in [1.165, 1.54) is 16.8 Å². The molecule has 25 heavy (non-hydrogen) atoms. The van der Waals surface area contributed by atoms with Crippen LogP contribution >= 0.6 is 15.9 Å². The lowest BCUT2D eigenvalue weighted by Gasteiger charge is -2.10. The fraction of sp³-hybridized carbons (Fsp3) is 0.294. The van der Waals surface area contributed by atoms with Crippen LogP contribution in [0.25, 0.3) is 0 Å². The predicted octanol–water partition coefficient (Wildman–Crippen LogP) is 2.09. The van der Waals surface area contributed by atoms with Gasteiger partial charge >= 0.3 is 0 Å². The Labute approximate surface area is 153 Å². The van der Waals surface area contributed by atoms with Gasteiger partial charge in [0.05, 0.1) is 6.54 Å². The maximum Gasteiger partial charge on any atom is 0.272 e. The fourth-order valence-corrected chi connectivity index (χ4v) is 2.63. The van der Waals surface area contributed by atoms with Crippen molar-refractivity contribution in [2.75, 3.05) is 11.9 Å². The third-order valence-corrected chi connectivity index (χ3v) is 3.90. The first-order valence-electron chi connectivity index (χ1n) is 7.83.